The van der Waals surface area contributed by atoms with Gasteiger partial charge in [-0.3, -0.25) is 0 Å². The molecule has 0 unspecified atom stereocenters. The molecule has 0 saturated heterocycles. The minimum absolute atomic E-state index is 0.158. The average molecular weight is 169 g/mol. The molecule has 0 radical (unpaired) electrons. The zero-order valence-corrected chi connectivity index (χ0v) is 6.92. The normalized spacial score (nSPS) is 13.0. The van der Waals surface area contributed by atoms with Gasteiger partial charge in [0.1, 0.15) is 5.82 Å². The van der Waals surface area contributed by atoms with Crippen LogP contribution >= 0.6 is 0 Å². The highest BCUT2D eigenvalue weighted by atomic mass is 19.1. The maximum Gasteiger partial charge on any atom is 0.126 e. The van der Waals surface area contributed by atoms with Crippen LogP contribution in [0.25, 0.3) is 0 Å². The van der Waals surface area contributed by atoms with E-state index in [1.807, 2.05) is 0 Å². The lowest BCUT2D eigenvalue weighted by Gasteiger charge is -2.08. The predicted molar refractivity (Wildman–Crippen MR) is 45.2 cm³/mol. The van der Waals surface area contributed by atoms with Gasteiger partial charge in [-0.25, -0.2) is 4.39 Å². The van der Waals surface area contributed by atoms with Gasteiger partial charge in [-0.2, -0.15) is 0 Å². The zero-order chi connectivity index (χ0) is 9.14. The number of hydrogen-bond acceptors (Lipinski definition) is 2. The summed E-state index contributed by atoms with van der Waals surface area (Å²) in [5, 5.41) is 9.30. The van der Waals surface area contributed by atoms with E-state index in [4.69, 9.17) is 5.73 Å². The number of benzene rings is 1. The lowest BCUT2D eigenvalue weighted by molar-refractivity contribution is 0.186. The molecule has 66 valence electrons. The molecule has 12 heavy (non-hydrogen) atoms. The fraction of sp³-hybridized carbons (Fsp3) is 0.333. The maximum absolute atomic E-state index is 12.8. The molecule has 0 spiro atoms. The minimum Gasteiger partial charge on any atom is -0.387 e. The number of aryl methyl sites for hydroxylation is 1. The van der Waals surface area contributed by atoms with Crippen molar-refractivity contribution in [1.29, 1.82) is 0 Å². The van der Waals surface area contributed by atoms with E-state index in [1.54, 1.807) is 19.1 Å². The molecule has 0 bridgehead atoms. The van der Waals surface area contributed by atoms with Gasteiger partial charge in [0.05, 0.1) is 6.10 Å². The third-order valence-electron chi connectivity index (χ3n) is 1.79. The largest absolute Gasteiger partial charge is 0.387 e. The first kappa shape index (κ1) is 9.16. The van der Waals surface area contributed by atoms with E-state index < -0.39 is 6.10 Å². The Balaban J connectivity index is 2.96. The molecule has 2 nitrogen and oxygen atoms in total. The zero-order valence-electron chi connectivity index (χ0n) is 6.92. The van der Waals surface area contributed by atoms with E-state index in [2.05, 4.69) is 0 Å². The van der Waals surface area contributed by atoms with Gasteiger partial charge in [0, 0.05) is 6.54 Å². The number of hydrogen-bond donors (Lipinski definition) is 2. The van der Waals surface area contributed by atoms with Crippen molar-refractivity contribution in [2.75, 3.05) is 6.54 Å². The van der Waals surface area contributed by atoms with Crippen molar-refractivity contribution in [2.45, 2.75) is 13.0 Å². The Hall–Kier alpha value is -0.930. The second-order valence-corrected chi connectivity index (χ2v) is 2.76. The van der Waals surface area contributed by atoms with Crippen LogP contribution in [0.1, 0.15) is 17.2 Å². The van der Waals surface area contributed by atoms with Gasteiger partial charge in [-0.15, -0.1) is 0 Å². The molecule has 0 aliphatic rings. The van der Waals surface area contributed by atoms with Crippen molar-refractivity contribution in [2.24, 2.45) is 5.73 Å². The van der Waals surface area contributed by atoms with Gasteiger partial charge < -0.3 is 10.8 Å². The topological polar surface area (TPSA) is 46.2 Å². The highest BCUT2D eigenvalue weighted by Crippen LogP contribution is 2.15. The van der Waals surface area contributed by atoms with E-state index in [-0.39, 0.29) is 12.4 Å². The van der Waals surface area contributed by atoms with Crippen LogP contribution in [0.2, 0.25) is 0 Å². The van der Waals surface area contributed by atoms with Crippen molar-refractivity contribution in [1.82, 2.24) is 0 Å². The molecule has 0 heterocycles. The van der Waals surface area contributed by atoms with Crippen LogP contribution in [-0.4, -0.2) is 11.7 Å². The quantitative estimate of drug-likeness (QED) is 0.697. The number of rotatable bonds is 2. The van der Waals surface area contributed by atoms with E-state index in [0.29, 0.717) is 11.1 Å². The third kappa shape index (κ3) is 1.81. The maximum atomic E-state index is 12.8. The standard InChI is InChI=1S/C9H12FNO/c1-6-4-7(9(12)5-11)2-3-8(6)10/h2-4,9,12H,5,11H2,1H3/t9-/m1/s1. The highest BCUT2D eigenvalue weighted by Gasteiger charge is 2.06. The molecule has 1 aromatic carbocycles. The summed E-state index contributed by atoms with van der Waals surface area (Å²) in [5.74, 6) is -0.261. The van der Waals surface area contributed by atoms with Crippen molar-refractivity contribution >= 4 is 0 Å². The lowest BCUT2D eigenvalue weighted by atomic mass is 10.1. The van der Waals surface area contributed by atoms with Gasteiger partial charge in [0.2, 0.25) is 0 Å². The summed E-state index contributed by atoms with van der Waals surface area (Å²) in [6.07, 6.45) is -0.690. The SMILES string of the molecule is Cc1cc([C@H](O)CN)ccc1F. The first-order valence-corrected chi connectivity index (χ1v) is 3.79. The molecular weight excluding hydrogens is 157 g/mol. The summed E-state index contributed by atoms with van der Waals surface area (Å²) < 4.78 is 12.8. The summed E-state index contributed by atoms with van der Waals surface area (Å²) in [6, 6.07) is 4.48. The summed E-state index contributed by atoms with van der Waals surface area (Å²) in [5.41, 5.74) is 6.44. The van der Waals surface area contributed by atoms with E-state index in [9.17, 15) is 9.50 Å². The number of aliphatic hydroxyl groups excluding tert-OH is 1. The second-order valence-electron chi connectivity index (χ2n) is 2.76. The first-order valence-electron chi connectivity index (χ1n) is 3.79. The molecule has 0 aliphatic heterocycles. The fourth-order valence-electron chi connectivity index (χ4n) is 1.01. The lowest BCUT2D eigenvalue weighted by Crippen LogP contribution is -2.11. The number of aliphatic hydroxyl groups is 1. The molecular formula is C9H12FNO. The second kappa shape index (κ2) is 3.65. The van der Waals surface area contributed by atoms with Crippen LogP contribution in [-0.2, 0) is 0 Å². The molecule has 1 atom stereocenters. The summed E-state index contributed by atoms with van der Waals surface area (Å²) in [4.78, 5) is 0. The highest BCUT2D eigenvalue weighted by molar-refractivity contribution is 5.25. The number of nitrogens with two attached hydrogens (primary N) is 1. The molecule has 3 heteroatoms. The molecule has 0 amide bonds. The van der Waals surface area contributed by atoms with Gasteiger partial charge in [0.15, 0.2) is 0 Å². The van der Waals surface area contributed by atoms with Gasteiger partial charge in [-0.1, -0.05) is 12.1 Å². The Morgan fingerprint density at radius 2 is 2.25 bits per heavy atom. The van der Waals surface area contributed by atoms with Crippen molar-refractivity contribution in [3.05, 3.63) is 35.1 Å². The van der Waals surface area contributed by atoms with E-state index in [1.165, 1.54) is 6.07 Å². The van der Waals surface area contributed by atoms with E-state index in [0.717, 1.165) is 0 Å². The van der Waals surface area contributed by atoms with Gasteiger partial charge in [0.25, 0.3) is 0 Å². The van der Waals surface area contributed by atoms with Crippen LogP contribution in [0, 0.1) is 12.7 Å². The Labute approximate surface area is 70.8 Å². The molecule has 0 aromatic heterocycles. The molecule has 0 aliphatic carbocycles. The first-order chi connectivity index (χ1) is 5.65. The van der Waals surface area contributed by atoms with Gasteiger partial charge >= 0.3 is 0 Å². The van der Waals surface area contributed by atoms with Crippen LogP contribution < -0.4 is 5.73 Å². The minimum atomic E-state index is -0.690. The van der Waals surface area contributed by atoms with Crippen LogP contribution in [0.4, 0.5) is 4.39 Å². The van der Waals surface area contributed by atoms with Crippen molar-refractivity contribution < 1.29 is 9.50 Å². The third-order valence-corrected chi connectivity index (χ3v) is 1.79. The number of halogens is 1. The predicted octanol–water partition coefficient (Wildman–Crippen LogP) is 1.13. The summed E-state index contributed by atoms with van der Waals surface area (Å²) in [7, 11) is 0. The Morgan fingerprint density at radius 1 is 1.58 bits per heavy atom. The smallest absolute Gasteiger partial charge is 0.126 e. The summed E-state index contributed by atoms with van der Waals surface area (Å²) in [6.45, 7) is 1.81. The Kier molecular flexibility index (Phi) is 2.78. The molecule has 1 aromatic rings. The molecule has 1 rings (SSSR count). The molecule has 0 saturated carbocycles. The monoisotopic (exact) mass is 169 g/mol. The van der Waals surface area contributed by atoms with Crippen molar-refractivity contribution in [3.8, 4) is 0 Å². The average Bonchev–Trinajstić information content (AvgIpc) is 2.08. The Morgan fingerprint density at radius 3 is 2.75 bits per heavy atom. The van der Waals surface area contributed by atoms with Crippen LogP contribution in [0.5, 0.6) is 0 Å². The van der Waals surface area contributed by atoms with Crippen LogP contribution in [0.15, 0.2) is 18.2 Å². The van der Waals surface area contributed by atoms with Gasteiger partial charge in [-0.05, 0) is 24.1 Å². The van der Waals surface area contributed by atoms with Crippen LogP contribution in [0.3, 0.4) is 0 Å². The summed E-state index contributed by atoms with van der Waals surface area (Å²) >= 11 is 0. The van der Waals surface area contributed by atoms with Crippen molar-refractivity contribution in [3.63, 3.8) is 0 Å². The molecule has 0 fully saturated rings. The molecule has 3 N–H and O–H groups in total. The fourth-order valence-corrected chi connectivity index (χ4v) is 1.01. The Bertz CT molecular complexity index is 275. The van der Waals surface area contributed by atoms with E-state index >= 15 is 0 Å².